The summed E-state index contributed by atoms with van der Waals surface area (Å²) in [5.41, 5.74) is -1.05. The Morgan fingerprint density at radius 3 is 0.511 bits per heavy atom. The Morgan fingerprint density at radius 1 is 0.129 bits per heavy atom. The molecule has 18 aromatic rings. The summed E-state index contributed by atoms with van der Waals surface area (Å²) in [6.07, 6.45) is -5.64. The molecule has 18 rings (SSSR count). The van der Waals surface area contributed by atoms with Crippen molar-refractivity contribution >= 4 is 65.4 Å². The topological polar surface area (TPSA) is 0 Å². The van der Waals surface area contributed by atoms with Gasteiger partial charge in [0.05, 0.1) is 43.6 Å². The maximum atomic E-state index is 14.3. The minimum Gasteiger partial charge on any atom is -0.207 e. The Kier molecular flexibility index (Phi) is 35.6. The minimum atomic E-state index is -5.64. The maximum absolute atomic E-state index is 14.3. The van der Waals surface area contributed by atoms with Gasteiger partial charge in [0.1, 0.15) is 109 Å². The molecular weight excluding hydrogens is 1950 g/mol. The average Bonchev–Trinajstić information content (AvgIpc) is 0.780. The zero-order chi connectivity index (χ0) is 99.0. The molecule has 0 amide bonds. The fraction of sp³-hybridized carbons (Fsp3) is 0.0182. The van der Waals surface area contributed by atoms with Crippen LogP contribution in [-0.2, 0) is 71.3 Å². The summed E-state index contributed by atoms with van der Waals surface area (Å²) in [6, 6.07) is 107. The summed E-state index contributed by atoms with van der Waals surface area (Å²) >= 11 is 0. The van der Waals surface area contributed by atoms with Gasteiger partial charge in [0.2, 0.25) is 14.7 Å². The van der Waals surface area contributed by atoms with E-state index in [1.54, 1.807) is 66.7 Å². The van der Waals surface area contributed by atoms with Crippen LogP contribution >= 0.6 is 0 Å². The molecule has 0 radical (unpaired) electrons. The standard InChI is InChI=1S/C20H14F5S.C18H9F6S.2C18H11F4S.2C18H13F2S/c21-19(22,20(23,24)25)15-8-7-13-18(14-15)26(16-9-3-1-4-10-16)17-11-5-2-6-12-17;19-10-1-11(20)5-16(4-10)25(17-6-12(21)2-13(22)7-17)18-8-14(23)3-15(24)9-18;19-12-6-13(20)9-17(8-12)23(16-4-2-1-3-5-16)18-10-14(21)7-15(22)11-18;19-12-6-8-17(15(21)10-12)23(14-4-2-1-3-5-14)18-9-7-13(20)11-16(18)22;19-14-11-15(20)13-18(12-14)21(16-7-3-1-4-8-16)17-9-5-2-6-10-17;19-14-11-12-18(17(20)13-14)21(15-7-3-1-4-8-15)16-9-5-2-6-10-16/h1-14H;1-9H;2*1-11H;2*1-13H/q6*+1. The van der Waals surface area contributed by atoms with Gasteiger partial charge in [-0.25, -0.2) is 79.0 Å². The second-order valence-corrected chi connectivity index (χ2v) is 41.4. The van der Waals surface area contributed by atoms with Gasteiger partial charge in [-0.15, -0.1) is 0 Å². The maximum Gasteiger partial charge on any atom is 0.458 e. The van der Waals surface area contributed by atoms with E-state index in [1.807, 2.05) is 182 Å². The first-order valence-corrected chi connectivity index (χ1v) is 48.6. The first-order valence-electron chi connectivity index (χ1n) is 41.2. The van der Waals surface area contributed by atoms with E-state index in [1.165, 1.54) is 66.7 Å². The van der Waals surface area contributed by atoms with E-state index in [2.05, 4.69) is 0 Å². The molecule has 0 bridgehead atoms. The molecule has 0 unspecified atom stereocenters. The van der Waals surface area contributed by atoms with Gasteiger partial charge >= 0.3 is 12.1 Å². The van der Waals surface area contributed by atoms with Crippen LogP contribution in [0.25, 0.3) is 0 Å². The van der Waals surface area contributed by atoms with Crippen LogP contribution in [0.3, 0.4) is 0 Å². The molecule has 0 aliphatic rings. The van der Waals surface area contributed by atoms with Crippen molar-refractivity contribution in [1.29, 1.82) is 0 Å². The Hall–Kier alpha value is -13.6. The Labute approximate surface area is 802 Å². The van der Waals surface area contributed by atoms with Gasteiger partial charge in [0.15, 0.2) is 90.9 Å². The molecule has 0 nitrogen and oxygen atoms in total. The SMILES string of the molecule is FC(F)(F)C(F)(F)c1cccc([S+](c2ccccc2)c2ccccc2)c1.Fc1cc(F)cc([S+](c2cc(F)cc(F)c2)c2cc(F)cc(F)c2)c1.Fc1cc(F)cc([S+](c2ccccc2)c2cc(F)cc(F)c2)c1.Fc1cc(F)cc([S+](c2ccccc2)c2ccccc2)c1.Fc1ccc([S+](c2ccccc2)c2ccc(F)cc2F)c(F)c1.Fc1ccc([S+](c2ccccc2)c2ccccc2)c(F)c1. The lowest BCUT2D eigenvalue weighted by Crippen LogP contribution is -2.33. The fourth-order valence-corrected chi connectivity index (χ4v) is 26.5. The highest BCUT2D eigenvalue weighted by Crippen LogP contribution is 2.46. The second-order valence-electron chi connectivity index (χ2n) is 29.3. The molecule has 702 valence electrons. The molecule has 18 aromatic carbocycles. The van der Waals surface area contributed by atoms with E-state index in [-0.39, 0.29) is 24.5 Å². The lowest BCUT2D eigenvalue weighted by Gasteiger charge is -2.20. The fourth-order valence-electron chi connectivity index (χ4n) is 13.6. The van der Waals surface area contributed by atoms with Crippen molar-refractivity contribution in [1.82, 2.24) is 0 Å². The molecule has 0 fully saturated rings. The van der Waals surface area contributed by atoms with E-state index in [9.17, 15) is 101 Å². The molecule has 0 aliphatic carbocycles. The van der Waals surface area contributed by atoms with Crippen LogP contribution in [-0.4, -0.2) is 6.18 Å². The molecule has 0 N–H and O–H groups in total. The van der Waals surface area contributed by atoms with Gasteiger partial charge in [0.25, 0.3) is 0 Å². The monoisotopic (exact) mass is 2020 g/mol. The molecule has 29 heteroatoms. The minimum absolute atomic E-state index is 0.00694. The molecule has 0 aromatic heterocycles. The van der Waals surface area contributed by atoms with Crippen LogP contribution in [0, 0.1) is 105 Å². The summed E-state index contributed by atoms with van der Waals surface area (Å²) in [5.74, 6) is -18.4. The van der Waals surface area contributed by atoms with Crippen molar-refractivity contribution in [2.24, 2.45) is 0 Å². The third-order valence-electron chi connectivity index (χ3n) is 19.4. The third kappa shape index (κ3) is 27.9. The average molecular weight is 2020 g/mol. The summed E-state index contributed by atoms with van der Waals surface area (Å²) in [6.45, 7) is 0. The highest BCUT2D eigenvalue weighted by atomic mass is 32.2. The van der Waals surface area contributed by atoms with Crippen LogP contribution in [0.5, 0.6) is 0 Å². The summed E-state index contributed by atoms with van der Waals surface area (Å²) in [7, 11) is -5.55. The van der Waals surface area contributed by atoms with Gasteiger partial charge < -0.3 is 0 Å². The van der Waals surface area contributed by atoms with E-state index < -0.39 is 188 Å². The first-order chi connectivity index (χ1) is 66.7. The smallest absolute Gasteiger partial charge is 0.207 e. The second kappa shape index (κ2) is 48.2. The zero-order valence-corrected chi connectivity index (χ0v) is 76.5. The molecule has 0 saturated heterocycles. The predicted molar refractivity (Wildman–Crippen MR) is 498 cm³/mol. The lowest BCUT2D eigenvalue weighted by molar-refractivity contribution is -0.289. The molecular formula is C110H71F23S6+6. The first kappa shape index (κ1) is 103. The van der Waals surface area contributed by atoms with Crippen molar-refractivity contribution in [3.63, 3.8) is 0 Å². The van der Waals surface area contributed by atoms with E-state index in [4.69, 9.17) is 0 Å². The van der Waals surface area contributed by atoms with Crippen LogP contribution in [0.2, 0.25) is 0 Å². The highest BCUT2D eigenvalue weighted by Gasteiger charge is 2.59. The van der Waals surface area contributed by atoms with E-state index >= 15 is 0 Å². The van der Waals surface area contributed by atoms with Crippen molar-refractivity contribution in [2.75, 3.05) is 0 Å². The summed E-state index contributed by atoms with van der Waals surface area (Å²) < 4.78 is 311. The normalized spacial score (nSPS) is 11.2. The number of benzene rings is 18. The summed E-state index contributed by atoms with van der Waals surface area (Å²) in [5, 5.41) is 0. The van der Waals surface area contributed by atoms with E-state index in [0.717, 1.165) is 126 Å². The molecule has 0 aliphatic heterocycles. The van der Waals surface area contributed by atoms with Gasteiger partial charge in [-0.1, -0.05) is 158 Å². The molecule has 139 heavy (non-hydrogen) atoms. The molecule has 0 atom stereocenters. The number of halogens is 23. The number of hydrogen-bond acceptors (Lipinski definition) is 0. The number of alkyl halides is 5. The van der Waals surface area contributed by atoms with Gasteiger partial charge in [-0.2, -0.15) is 22.0 Å². The lowest BCUT2D eigenvalue weighted by atomic mass is 10.1. The van der Waals surface area contributed by atoms with Gasteiger partial charge in [0, 0.05) is 157 Å². The largest absolute Gasteiger partial charge is 0.458 e. The third-order valence-corrected chi connectivity index (χ3v) is 32.6. The van der Waals surface area contributed by atoms with Crippen LogP contribution in [0.15, 0.2) is 519 Å². The Bertz CT molecular complexity index is 6650. The van der Waals surface area contributed by atoms with Crippen LogP contribution < -0.4 is 0 Å². The summed E-state index contributed by atoms with van der Waals surface area (Å²) in [4.78, 5) is 9.62. The van der Waals surface area contributed by atoms with Crippen molar-refractivity contribution in [3.8, 4) is 0 Å². The zero-order valence-electron chi connectivity index (χ0n) is 71.6. The Balaban J connectivity index is 0.000000141. The predicted octanol–water partition coefficient (Wildman–Crippen LogP) is 32.8. The van der Waals surface area contributed by atoms with Crippen LogP contribution in [0.4, 0.5) is 101 Å². The van der Waals surface area contributed by atoms with E-state index in [0.29, 0.717) is 52.5 Å². The number of hydrogen-bond donors (Lipinski definition) is 0. The van der Waals surface area contributed by atoms with Crippen molar-refractivity contribution in [3.05, 3.63) is 541 Å². The van der Waals surface area contributed by atoms with Gasteiger partial charge in [-0.3, -0.25) is 0 Å². The number of rotatable bonds is 19. The van der Waals surface area contributed by atoms with Crippen LogP contribution in [0.1, 0.15) is 5.56 Å². The molecule has 0 saturated carbocycles. The van der Waals surface area contributed by atoms with Crippen molar-refractivity contribution < 1.29 is 101 Å². The van der Waals surface area contributed by atoms with Gasteiger partial charge in [-0.05, 0) is 121 Å². The molecule has 0 spiro atoms. The van der Waals surface area contributed by atoms with Crippen molar-refractivity contribution in [2.45, 2.75) is 100 Å². The quantitative estimate of drug-likeness (QED) is 0.0559. The highest BCUT2D eigenvalue weighted by molar-refractivity contribution is 7.98. The Morgan fingerprint density at radius 2 is 0.302 bits per heavy atom. The molecule has 0 heterocycles.